The van der Waals surface area contributed by atoms with E-state index >= 15 is 0 Å². The molecule has 128 valence electrons. The van der Waals surface area contributed by atoms with Crippen LogP contribution in [0.4, 0.5) is 0 Å². The first-order chi connectivity index (χ1) is 11.8. The molecule has 1 aromatic heterocycles. The number of carbonyl (C=O) groups excluding carboxylic acids is 2. The van der Waals surface area contributed by atoms with Gasteiger partial charge in [-0.1, -0.05) is 31.0 Å². The SMILES string of the molecule is O=C(NCCCN1CCCCCC1)C(=O)c1c[nH]c2ccccc12. The minimum atomic E-state index is -0.518. The van der Waals surface area contributed by atoms with Crippen LogP contribution in [0.2, 0.25) is 0 Å². The van der Waals surface area contributed by atoms with Crippen molar-refractivity contribution in [1.29, 1.82) is 0 Å². The van der Waals surface area contributed by atoms with E-state index in [0.29, 0.717) is 12.1 Å². The normalized spacial score (nSPS) is 16.0. The van der Waals surface area contributed by atoms with E-state index in [1.54, 1.807) is 6.20 Å². The van der Waals surface area contributed by atoms with Crippen LogP contribution in [-0.2, 0) is 4.79 Å². The van der Waals surface area contributed by atoms with Crippen LogP contribution in [0.3, 0.4) is 0 Å². The van der Waals surface area contributed by atoms with Crippen LogP contribution >= 0.6 is 0 Å². The van der Waals surface area contributed by atoms with Crippen molar-refractivity contribution < 1.29 is 9.59 Å². The smallest absolute Gasteiger partial charge is 0.292 e. The highest BCUT2D eigenvalue weighted by molar-refractivity contribution is 6.44. The van der Waals surface area contributed by atoms with Crippen molar-refractivity contribution >= 4 is 22.6 Å². The number of likely N-dealkylation sites (tertiary alicyclic amines) is 1. The molecule has 2 aromatic rings. The Hall–Kier alpha value is -2.14. The van der Waals surface area contributed by atoms with Gasteiger partial charge in [-0.05, 0) is 45.0 Å². The Labute approximate surface area is 142 Å². The number of hydrogen-bond acceptors (Lipinski definition) is 3. The molecule has 0 spiro atoms. The zero-order valence-electron chi connectivity index (χ0n) is 14.0. The first kappa shape index (κ1) is 16.7. The van der Waals surface area contributed by atoms with Gasteiger partial charge in [0.1, 0.15) is 0 Å². The number of fused-ring (bicyclic) bond motifs is 1. The molecule has 5 nitrogen and oxygen atoms in total. The topological polar surface area (TPSA) is 65.2 Å². The molecule has 0 radical (unpaired) electrons. The number of benzene rings is 1. The van der Waals surface area contributed by atoms with Gasteiger partial charge in [-0.2, -0.15) is 0 Å². The summed E-state index contributed by atoms with van der Waals surface area (Å²) in [7, 11) is 0. The second-order valence-electron chi connectivity index (χ2n) is 6.44. The molecule has 0 bridgehead atoms. The summed E-state index contributed by atoms with van der Waals surface area (Å²) < 4.78 is 0. The van der Waals surface area contributed by atoms with Gasteiger partial charge in [-0.3, -0.25) is 9.59 Å². The van der Waals surface area contributed by atoms with Crippen molar-refractivity contribution in [3.63, 3.8) is 0 Å². The molecule has 1 aromatic carbocycles. The molecule has 2 heterocycles. The van der Waals surface area contributed by atoms with E-state index in [1.807, 2.05) is 24.3 Å². The second-order valence-corrected chi connectivity index (χ2v) is 6.44. The Morgan fingerprint density at radius 2 is 1.83 bits per heavy atom. The summed E-state index contributed by atoms with van der Waals surface area (Å²) in [5, 5.41) is 3.56. The number of para-hydroxylation sites is 1. The lowest BCUT2D eigenvalue weighted by molar-refractivity contribution is -0.117. The number of amides is 1. The second kappa shape index (κ2) is 8.11. The number of nitrogens with one attached hydrogen (secondary N) is 2. The van der Waals surface area contributed by atoms with E-state index < -0.39 is 11.7 Å². The van der Waals surface area contributed by atoms with Gasteiger partial charge in [0.2, 0.25) is 0 Å². The molecule has 0 atom stereocenters. The van der Waals surface area contributed by atoms with Crippen LogP contribution in [0.5, 0.6) is 0 Å². The third-order valence-electron chi connectivity index (χ3n) is 4.68. The van der Waals surface area contributed by atoms with Crippen LogP contribution in [-0.4, -0.2) is 47.8 Å². The van der Waals surface area contributed by atoms with Gasteiger partial charge >= 0.3 is 0 Å². The molecular formula is C19H25N3O2. The van der Waals surface area contributed by atoms with Gasteiger partial charge in [-0.15, -0.1) is 0 Å². The molecule has 1 saturated heterocycles. The number of carbonyl (C=O) groups is 2. The van der Waals surface area contributed by atoms with Crippen LogP contribution in [0, 0.1) is 0 Å². The Balaban J connectivity index is 1.47. The third kappa shape index (κ3) is 4.03. The Morgan fingerprint density at radius 1 is 1.08 bits per heavy atom. The predicted octanol–water partition coefficient (Wildman–Crippen LogP) is 2.73. The summed E-state index contributed by atoms with van der Waals surface area (Å²) in [6.07, 6.45) is 7.69. The highest BCUT2D eigenvalue weighted by Crippen LogP contribution is 2.18. The summed E-state index contributed by atoms with van der Waals surface area (Å²) in [4.78, 5) is 29.9. The Morgan fingerprint density at radius 3 is 2.62 bits per heavy atom. The fraction of sp³-hybridized carbons (Fsp3) is 0.474. The van der Waals surface area contributed by atoms with E-state index in [0.717, 1.165) is 37.0 Å². The standard InChI is InChI=1S/C19H25N3O2/c23-18(16-14-21-17-9-4-3-8-15(16)17)19(24)20-10-7-13-22-11-5-1-2-6-12-22/h3-4,8-9,14,21H,1-2,5-7,10-13H2,(H,20,24). The molecule has 1 aliphatic heterocycles. The molecule has 1 aliphatic rings. The number of ketones is 1. The van der Waals surface area contributed by atoms with Crippen molar-refractivity contribution in [2.75, 3.05) is 26.2 Å². The van der Waals surface area contributed by atoms with E-state index in [2.05, 4.69) is 15.2 Å². The minimum Gasteiger partial charge on any atom is -0.360 e. The van der Waals surface area contributed by atoms with Crippen molar-refractivity contribution in [3.05, 3.63) is 36.0 Å². The average Bonchev–Trinajstić information content (AvgIpc) is 2.86. The van der Waals surface area contributed by atoms with Gasteiger partial charge in [-0.25, -0.2) is 0 Å². The van der Waals surface area contributed by atoms with E-state index in [4.69, 9.17) is 0 Å². The van der Waals surface area contributed by atoms with Crippen LogP contribution < -0.4 is 5.32 Å². The zero-order valence-corrected chi connectivity index (χ0v) is 14.0. The summed E-state index contributed by atoms with van der Waals surface area (Å²) in [5.41, 5.74) is 1.31. The van der Waals surface area contributed by atoms with Crippen molar-refractivity contribution in [3.8, 4) is 0 Å². The van der Waals surface area contributed by atoms with Gasteiger partial charge in [0.25, 0.3) is 11.7 Å². The maximum absolute atomic E-state index is 12.3. The predicted molar refractivity (Wildman–Crippen MR) is 95.2 cm³/mol. The summed E-state index contributed by atoms with van der Waals surface area (Å²) in [5.74, 6) is -0.988. The maximum atomic E-state index is 12.3. The fourth-order valence-electron chi connectivity index (χ4n) is 3.33. The Kier molecular flexibility index (Phi) is 5.64. The first-order valence-corrected chi connectivity index (χ1v) is 8.87. The first-order valence-electron chi connectivity index (χ1n) is 8.87. The van der Waals surface area contributed by atoms with Crippen molar-refractivity contribution in [2.45, 2.75) is 32.1 Å². The molecular weight excluding hydrogens is 302 g/mol. The lowest BCUT2D eigenvalue weighted by Crippen LogP contribution is -2.34. The number of rotatable bonds is 6. The molecule has 0 unspecified atom stereocenters. The largest absolute Gasteiger partial charge is 0.360 e. The lowest BCUT2D eigenvalue weighted by Gasteiger charge is -2.19. The van der Waals surface area contributed by atoms with Crippen LogP contribution in [0.1, 0.15) is 42.5 Å². The van der Waals surface area contributed by atoms with E-state index in [-0.39, 0.29) is 0 Å². The van der Waals surface area contributed by atoms with Gasteiger partial charge in [0, 0.05) is 23.6 Å². The van der Waals surface area contributed by atoms with Crippen molar-refractivity contribution in [2.24, 2.45) is 0 Å². The molecule has 1 fully saturated rings. The third-order valence-corrected chi connectivity index (χ3v) is 4.68. The number of nitrogens with zero attached hydrogens (tertiary/aromatic N) is 1. The van der Waals surface area contributed by atoms with Crippen LogP contribution in [0.25, 0.3) is 10.9 Å². The maximum Gasteiger partial charge on any atom is 0.292 e. The number of H-pyrrole nitrogens is 1. The molecule has 24 heavy (non-hydrogen) atoms. The number of aromatic amines is 1. The van der Waals surface area contributed by atoms with E-state index in [1.165, 1.54) is 25.7 Å². The molecule has 0 saturated carbocycles. The average molecular weight is 327 g/mol. The summed E-state index contributed by atoms with van der Waals surface area (Å²) in [6, 6.07) is 7.51. The number of aromatic nitrogens is 1. The summed E-state index contributed by atoms with van der Waals surface area (Å²) in [6.45, 7) is 3.84. The summed E-state index contributed by atoms with van der Waals surface area (Å²) >= 11 is 0. The fourth-order valence-corrected chi connectivity index (χ4v) is 3.33. The molecule has 3 rings (SSSR count). The molecule has 5 heteroatoms. The zero-order chi connectivity index (χ0) is 16.8. The molecule has 2 N–H and O–H groups in total. The van der Waals surface area contributed by atoms with Gasteiger partial charge < -0.3 is 15.2 Å². The number of Topliss-reactive ketones (excluding diaryl/α,β-unsaturated/α-hetero) is 1. The molecule has 0 aliphatic carbocycles. The minimum absolute atomic E-state index is 0.440. The number of hydrogen-bond donors (Lipinski definition) is 2. The quantitative estimate of drug-likeness (QED) is 0.487. The molecule has 1 amide bonds. The highest BCUT2D eigenvalue weighted by atomic mass is 16.2. The van der Waals surface area contributed by atoms with Crippen LogP contribution in [0.15, 0.2) is 30.5 Å². The Bertz CT molecular complexity index is 699. The monoisotopic (exact) mass is 327 g/mol. The highest BCUT2D eigenvalue weighted by Gasteiger charge is 2.19. The van der Waals surface area contributed by atoms with E-state index in [9.17, 15) is 9.59 Å². The van der Waals surface area contributed by atoms with Gasteiger partial charge in [0.15, 0.2) is 0 Å². The van der Waals surface area contributed by atoms with Crippen molar-refractivity contribution in [1.82, 2.24) is 15.2 Å². The lowest BCUT2D eigenvalue weighted by atomic mass is 10.1. The van der Waals surface area contributed by atoms with Gasteiger partial charge in [0.05, 0.1) is 5.56 Å².